The Morgan fingerprint density at radius 2 is 2.16 bits per heavy atom. The lowest BCUT2D eigenvalue weighted by Gasteiger charge is -2.14. The molecule has 0 spiro atoms. The van der Waals surface area contributed by atoms with Gasteiger partial charge in [-0.2, -0.15) is 0 Å². The molecule has 1 amide bonds. The average molecular weight is 265 g/mol. The van der Waals surface area contributed by atoms with Gasteiger partial charge in [0.2, 0.25) is 5.91 Å². The van der Waals surface area contributed by atoms with Crippen molar-refractivity contribution in [3.8, 4) is 0 Å². The lowest BCUT2D eigenvalue weighted by Crippen LogP contribution is -2.33. The predicted molar refractivity (Wildman–Crippen MR) is 73.9 cm³/mol. The van der Waals surface area contributed by atoms with Crippen molar-refractivity contribution in [3.05, 3.63) is 41.7 Å². The quantitative estimate of drug-likeness (QED) is 0.803. The van der Waals surface area contributed by atoms with Gasteiger partial charge in [-0.05, 0) is 36.1 Å². The molecule has 1 aromatic rings. The minimum Gasteiger partial charge on any atom is -0.391 e. The van der Waals surface area contributed by atoms with Crippen molar-refractivity contribution in [3.63, 3.8) is 0 Å². The Morgan fingerprint density at radius 3 is 2.74 bits per heavy atom. The fraction of sp³-hybridized carbons (Fsp3) is 0.400. The van der Waals surface area contributed by atoms with Crippen LogP contribution in [0.2, 0.25) is 0 Å². The number of allylic oxidation sites excluding steroid dienone is 1. The Labute approximate surface area is 113 Å². The molecule has 0 saturated carbocycles. The summed E-state index contributed by atoms with van der Waals surface area (Å²) in [6, 6.07) is 6.07. The number of aliphatic hydroxyl groups is 1. The molecular formula is C15H20FNO2. The third-order valence-corrected chi connectivity index (χ3v) is 2.88. The monoisotopic (exact) mass is 265 g/mol. The first kappa shape index (κ1) is 15.4. The third-order valence-electron chi connectivity index (χ3n) is 2.88. The summed E-state index contributed by atoms with van der Waals surface area (Å²) in [6.45, 7) is 5.71. The number of halogens is 1. The van der Waals surface area contributed by atoms with Gasteiger partial charge in [-0.3, -0.25) is 4.79 Å². The van der Waals surface area contributed by atoms with Crippen LogP contribution in [0.5, 0.6) is 0 Å². The van der Waals surface area contributed by atoms with E-state index in [-0.39, 0.29) is 24.2 Å². The zero-order valence-electron chi connectivity index (χ0n) is 11.5. The topological polar surface area (TPSA) is 49.3 Å². The number of nitrogens with one attached hydrogen (secondary N) is 1. The van der Waals surface area contributed by atoms with E-state index < -0.39 is 6.10 Å². The van der Waals surface area contributed by atoms with E-state index >= 15 is 0 Å². The van der Waals surface area contributed by atoms with Crippen LogP contribution in [0.15, 0.2) is 30.3 Å². The number of carbonyl (C=O) groups excluding carboxylic acids is 1. The van der Waals surface area contributed by atoms with Crippen LogP contribution in [-0.4, -0.2) is 23.7 Å². The first-order valence-electron chi connectivity index (χ1n) is 6.30. The van der Waals surface area contributed by atoms with Crippen LogP contribution in [0.4, 0.5) is 4.39 Å². The number of rotatable bonds is 5. The Kier molecular flexibility index (Phi) is 5.70. The maximum absolute atomic E-state index is 13.0. The molecule has 0 fully saturated rings. The van der Waals surface area contributed by atoms with Crippen LogP contribution in [0, 0.1) is 11.7 Å². The standard InChI is InChI=1S/C15H20FNO2/c1-10(2)14(18)9-17-15(19)7-11(3)12-5-4-6-13(16)8-12/h4-8,10,14,18H,9H2,1-3H3,(H,17,19)/b11-7-. The van der Waals surface area contributed by atoms with E-state index in [9.17, 15) is 14.3 Å². The minimum atomic E-state index is -0.563. The highest BCUT2D eigenvalue weighted by Crippen LogP contribution is 2.14. The number of benzene rings is 1. The molecule has 0 aliphatic carbocycles. The molecule has 104 valence electrons. The van der Waals surface area contributed by atoms with Crippen LogP contribution in [0.25, 0.3) is 5.57 Å². The highest BCUT2D eigenvalue weighted by molar-refractivity contribution is 5.94. The molecule has 3 nitrogen and oxygen atoms in total. The first-order valence-corrected chi connectivity index (χ1v) is 6.30. The molecule has 0 aliphatic heterocycles. The SMILES string of the molecule is C/C(=C/C(=O)NCC(O)C(C)C)c1cccc(F)c1. The molecule has 4 heteroatoms. The van der Waals surface area contributed by atoms with E-state index in [0.29, 0.717) is 11.1 Å². The predicted octanol–water partition coefficient (Wildman–Crippen LogP) is 2.36. The van der Waals surface area contributed by atoms with E-state index in [1.165, 1.54) is 18.2 Å². The summed E-state index contributed by atoms with van der Waals surface area (Å²) in [6.07, 6.45) is 0.841. The van der Waals surface area contributed by atoms with E-state index in [2.05, 4.69) is 5.32 Å². The van der Waals surface area contributed by atoms with E-state index in [0.717, 1.165) is 0 Å². The van der Waals surface area contributed by atoms with Crippen LogP contribution in [-0.2, 0) is 4.79 Å². The molecule has 0 radical (unpaired) electrons. The normalized spacial score (nSPS) is 13.5. The van der Waals surface area contributed by atoms with E-state index in [4.69, 9.17) is 0 Å². The number of aliphatic hydroxyl groups excluding tert-OH is 1. The number of carbonyl (C=O) groups is 1. The average Bonchev–Trinajstić information content (AvgIpc) is 2.35. The summed E-state index contributed by atoms with van der Waals surface area (Å²) < 4.78 is 13.0. The fourth-order valence-electron chi connectivity index (χ4n) is 1.51. The molecule has 1 rings (SSSR count). The van der Waals surface area contributed by atoms with Gasteiger partial charge in [0, 0.05) is 12.6 Å². The van der Waals surface area contributed by atoms with Gasteiger partial charge < -0.3 is 10.4 Å². The van der Waals surface area contributed by atoms with Crippen molar-refractivity contribution in [2.75, 3.05) is 6.54 Å². The summed E-state index contributed by atoms with van der Waals surface area (Å²) in [7, 11) is 0. The maximum Gasteiger partial charge on any atom is 0.244 e. The van der Waals surface area contributed by atoms with Crippen LogP contribution >= 0.6 is 0 Å². The first-order chi connectivity index (χ1) is 8.90. The van der Waals surface area contributed by atoms with Crippen molar-refractivity contribution in [2.45, 2.75) is 26.9 Å². The second-order valence-electron chi connectivity index (χ2n) is 4.89. The van der Waals surface area contributed by atoms with Crippen LogP contribution in [0.1, 0.15) is 26.3 Å². The van der Waals surface area contributed by atoms with Gasteiger partial charge in [-0.15, -0.1) is 0 Å². The summed E-state index contributed by atoms with van der Waals surface area (Å²) in [5.41, 5.74) is 1.34. The maximum atomic E-state index is 13.0. The molecule has 19 heavy (non-hydrogen) atoms. The number of amides is 1. The molecule has 0 bridgehead atoms. The Balaban J connectivity index is 2.61. The van der Waals surface area contributed by atoms with Crippen LogP contribution in [0.3, 0.4) is 0 Å². The third kappa shape index (κ3) is 5.22. The second-order valence-corrected chi connectivity index (χ2v) is 4.89. The van der Waals surface area contributed by atoms with Gasteiger partial charge >= 0.3 is 0 Å². The van der Waals surface area contributed by atoms with Crippen molar-refractivity contribution in [1.82, 2.24) is 5.32 Å². The van der Waals surface area contributed by atoms with Crippen molar-refractivity contribution in [1.29, 1.82) is 0 Å². The molecule has 0 saturated heterocycles. The fourth-order valence-corrected chi connectivity index (χ4v) is 1.51. The molecule has 1 aromatic carbocycles. The molecule has 2 N–H and O–H groups in total. The summed E-state index contributed by atoms with van der Waals surface area (Å²) in [4.78, 5) is 11.6. The summed E-state index contributed by atoms with van der Waals surface area (Å²) in [5, 5.41) is 12.2. The largest absolute Gasteiger partial charge is 0.391 e. The van der Waals surface area contributed by atoms with Gasteiger partial charge in [0.1, 0.15) is 5.82 Å². The molecule has 1 unspecified atom stereocenters. The van der Waals surface area contributed by atoms with Crippen molar-refractivity contribution in [2.24, 2.45) is 5.92 Å². The Hall–Kier alpha value is -1.68. The second kappa shape index (κ2) is 7.04. The summed E-state index contributed by atoms with van der Waals surface area (Å²) >= 11 is 0. The Morgan fingerprint density at radius 1 is 1.47 bits per heavy atom. The Bertz CT molecular complexity index is 469. The van der Waals surface area contributed by atoms with Crippen molar-refractivity contribution < 1.29 is 14.3 Å². The van der Waals surface area contributed by atoms with E-state index in [1.54, 1.807) is 19.1 Å². The van der Waals surface area contributed by atoms with Gasteiger partial charge in [0.05, 0.1) is 6.10 Å². The molecule has 0 heterocycles. The van der Waals surface area contributed by atoms with Crippen molar-refractivity contribution >= 4 is 11.5 Å². The molecule has 1 atom stereocenters. The van der Waals surface area contributed by atoms with Gasteiger partial charge in [0.25, 0.3) is 0 Å². The lowest BCUT2D eigenvalue weighted by atomic mass is 10.1. The van der Waals surface area contributed by atoms with Gasteiger partial charge in [-0.1, -0.05) is 26.0 Å². The zero-order chi connectivity index (χ0) is 14.4. The number of hydrogen-bond acceptors (Lipinski definition) is 2. The molecule has 0 aliphatic rings. The zero-order valence-corrected chi connectivity index (χ0v) is 11.5. The highest BCUT2D eigenvalue weighted by Gasteiger charge is 2.10. The van der Waals surface area contributed by atoms with Gasteiger partial charge in [-0.25, -0.2) is 4.39 Å². The lowest BCUT2D eigenvalue weighted by molar-refractivity contribution is -0.117. The minimum absolute atomic E-state index is 0.0913. The molecular weight excluding hydrogens is 245 g/mol. The molecule has 0 aromatic heterocycles. The summed E-state index contributed by atoms with van der Waals surface area (Å²) in [5.74, 6) is -0.532. The highest BCUT2D eigenvalue weighted by atomic mass is 19.1. The van der Waals surface area contributed by atoms with Crippen LogP contribution < -0.4 is 5.32 Å². The smallest absolute Gasteiger partial charge is 0.244 e. The van der Waals surface area contributed by atoms with Gasteiger partial charge in [0.15, 0.2) is 0 Å². The van der Waals surface area contributed by atoms with E-state index in [1.807, 2.05) is 13.8 Å². The number of hydrogen-bond donors (Lipinski definition) is 2.